The Labute approximate surface area is 111 Å². The molecule has 1 aliphatic heterocycles. The molecule has 1 fully saturated rings. The molecule has 0 saturated carbocycles. The number of hydrogen-bond acceptors (Lipinski definition) is 2. The lowest BCUT2D eigenvalue weighted by Gasteiger charge is -2.55. The van der Waals surface area contributed by atoms with Crippen molar-refractivity contribution in [3.63, 3.8) is 0 Å². The van der Waals surface area contributed by atoms with Crippen LogP contribution in [0, 0.1) is 23.2 Å². The highest BCUT2D eigenvalue weighted by atomic mass is 16.5. The standard InChI is InChI=1S/C16H28O2/c1-5-6-7-14-15-11(2)8-12(3)16(9-17,10-18-14)13(15)4/h8,12-15,17H,5-7,9-10H2,1-4H3/t12-,13+,14+,15+,16-/m0/s1. The summed E-state index contributed by atoms with van der Waals surface area (Å²) in [5, 5.41) is 9.87. The average molecular weight is 252 g/mol. The van der Waals surface area contributed by atoms with Gasteiger partial charge in [-0.3, -0.25) is 0 Å². The van der Waals surface area contributed by atoms with Crippen LogP contribution >= 0.6 is 0 Å². The molecule has 0 amide bonds. The van der Waals surface area contributed by atoms with E-state index in [4.69, 9.17) is 4.74 Å². The van der Waals surface area contributed by atoms with Crippen molar-refractivity contribution in [1.29, 1.82) is 0 Å². The Hall–Kier alpha value is -0.340. The summed E-state index contributed by atoms with van der Waals surface area (Å²) in [5.74, 6) is 1.45. The third-order valence-electron chi connectivity index (χ3n) is 5.49. The molecule has 2 nitrogen and oxygen atoms in total. The Kier molecular flexibility index (Phi) is 4.18. The first-order valence-electron chi connectivity index (χ1n) is 7.47. The molecule has 0 aromatic carbocycles. The van der Waals surface area contributed by atoms with Crippen molar-refractivity contribution in [2.45, 2.75) is 53.1 Å². The van der Waals surface area contributed by atoms with Gasteiger partial charge in [-0.1, -0.05) is 45.3 Å². The van der Waals surface area contributed by atoms with Crippen molar-refractivity contribution < 1.29 is 9.84 Å². The van der Waals surface area contributed by atoms with E-state index >= 15 is 0 Å². The van der Waals surface area contributed by atoms with Gasteiger partial charge in [-0.05, 0) is 25.2 Å². The molecule has 0 unspecified atom stereocenters. The zero-order valence-corrected chi connectivity index (χ0v) is 12.3. The fraction of sp³-hybridized carbons (Fsp3) is 0.875. The molecule has 0 aromatic rings. The summed E-state index contributed by atoms with van der Waals surface area (Å²) in [6, 6.07) is 0. The lowest BCUT2D eigenvalue weighted by Crippen LogP contribution is -2.56. The van der Waals surface area contributed by atoms with Gasteiger partial charge in [0.25, 0.3) is 0 Å². The highest BCUT2D eigenvalue weighted by Gasteiger charge is 2.52. The molecule has 1 N–H and O–H groups in total. The SMILES string of the molecule is CCCC[C@H]1OC[C@]2(CO)[C@H](C)[C@H]1C(C)=C[C@@H]2C. The first-order chi connectivity index (χ1) is 8.56. The second-order valence-corrected chi connectivity index (χ2v) is 6.40. The molecule has 0 spiro atoms. The Bertz CT molecular complexity index is 323. The van der Waals surface area contributed by atoms with Gasteiger partial charge in [0.1, 0.15) is 0 Å². The molecule has 1 heterocycles. The van der Waals surface area contributed by atoms with Gasteiger partial charge in [0.05, 0.1) is 19.3 Å². The molecular formula is C16H28O2. The summed E-state index contributed by atoms with van der Waals surface area (Å²) >= 11 is 0. The van der Waals surface area contributed by atoms with Crippen LogP contribution in [0.2, 0.25) is 0 Å². The Morgan fingerprint density at radius 1 is 1.44 bits per heavy atom. The summed E-state index contributed by atoms with van der Waals surface area (Å²) in [7, 11) is 0. The zero-order chi connectivity index (χ0) is 13.3. The molecular weight excluding hydrogens is 224 g/mol. The lowest BCUT2D eigenvalue weighted by atomic mass is 9.56. The van der Waals surface area contributed by atoms with Gasteiger partial charge in [-0.15, -0.1) is 0 Å². The van der Waals surface area contributed by atoms with E-state index in [1.165, 1.54) is 18.4 Å². The van der Waals surface area contributed by atoms with E-state index in [-0.39, 0.29) is 12.0 Å². The van der Waals surface area contributed by atoms with Crippen LogP contribution in [0.15, 0.2) is 11.6 Å². The molecule has 2 aliphatic rings. The van der Waals surface area contributed by atoms with E-state index in [0.717, 1.165) is 13.0 Å². The third-order valence-corrected chi connectivity index (χ3v) is 5.49. The van der Waals surface area contributed by atoms with Crippen LogP contribution < -0.4 is 0 Å². The van der Waals surface area contributed by atoms with Crippen LogP contribution in [0.3, 0.4) is 0 Å². The smallest absolute Gasteiger partial charge is 0.0643 e. The molecule has 2 bridgehead atoms. The second-order valence-electron chi connectivity index (χ2n) is 6.40. The second kappa shape index (κ2) is 5.34. The number of aliphatic hydroxyl groups excluding tert-OH is 1. The van der Waals surface area contributed by atoms with E-state index in [1.54, 1.807) is 0 Å². The van der Waals surface area contributed by atoms with E-state index < -0.39 is 0 Å². The topological polar surface area (TPSA) is 29.5 Å². The minimum atomic E-state index is -0.0487. The first kappa shape index (κ1) is 14.1. The monoisotopic (exact) mass is 252 g/mol. The lowest BCUT2D eigenvalue weighted by molar-refractivity contribution is -0.164. The summed E-state index contributed by atoms with van der Waals surface area (Å²) in [6.07, 6.45) is 6.37. The quantitative estimate of drug-likeness (QED) is 0.777. The molecule has 1 saturated heterocycles. The number of hydrogen-bond donors (Lipinski definition) is 1. The van der Waals surface area contributed by atoms with Gasteiger partial charge < -0.3 is 9.84 Å². The number of ether oxygens (including phenoxy) is 1. The maximum atomic E-state index is 9.87. The van der Waals surface area contributed by atoms with Gasteiger partial charge in [0, 0.05) is 11.3 Å². The van der Waals surface area contributed by atoms with E-state index in [0.29, 0.717) is 23.9 Å². The van der Waals surface area contributed by atoms with Gasteiger partial charge in [0.2, 0.25) is 0 Å². The maximum absolute atomic E-state index is 9.87. The number of aliphatic hydroxyl groups is 1. The minimum absolute atomic E-state index is 0.0487. The maximum Gasteiger partial charge on any atom is 0.0643 e. The molecule has 0 aromatic heterocycles. The summed E-state index contributed by atoms with van der Waals surface area (Å²) in [4.78, 5) is 0. The Balaban J connectivity index is 2.26. The molecule has 2 heteroatoms. The van der Waals surface area contributed by atoms with Crippen molar-refractivity contribution in [2.75, 3.05) is 13.2 Å². The Morgan fingerprint density at radius 3 is 2.78 bits per heavy atom. The number of allylic oxidation sites excluding steroid dienone is 1. The number of rotatable bonds is 4. The van der Waals surface area contributed by atoms with E-state index in [2.05, 4.69) is 33.8 Å². The number of fused-ring (bicyclic) bond motifs is 2. The van der Waals surface area contributed by atoms with Crippen LogP contribution in [0.4, 0.5) is 0 Å². The van der Waals surface area contributed by atoms with E-state index in [1.807, 2.05) is 0 Å². The normalized spacial score (nSPS) is 43.7. The van der Waals surface area contributed by atoms with Crippen molar-refractivity contribution in [1.82, 2.24) is 0 Å². The van der Waals surface area contributed by atoms with Crippen molar-refractivity contribution in [3.8, 4) is 0 Å². The minimum Gasteiger partial charge on any atom is -0.396 e. The molecule has 104 valence electrons. The van der Waals surface area contributed by atoms with Crippen LogP contribution in [0.5, 0.6) is 0 Å². The number of unbranched alkanes of at least 4 members (excludes halogenated alkanes) is 1. The molecule has 0 radical (unpaired) electrons. The molecule has 5 atom stereocenters. The van der Waals surface area contributed by atoms with Crippen molar-refractivity contribution in [2.24, 2.45) is 23.2 Å². The van der Waals surface area contributed by atoms with Gasteiger partial charge >= 0.3 is 0 Å². The van der Waals surface area contributed by atoms with Gasteiger partial charge in [-0.25, -0.2) is 0 Å². The van der Waals surface area contributed by atoms with Crippen LogP contribution in [-0.4, -0.2) is 24.4 Å². The summed E-state index contributed by atoms with van der Waals surface area (Å²) in [5.41, 5.74) is 1.42. The predicted octanol–water partition coefficient (Wildman–Crippen LogP) is 3.40. The molecule has 1 aliphatic carbocycles. The fourth-order valence-corrected chi connectivity index (χ4v) is 4.08. The molecule has 2 rings (SSSR count). The largest absolute Gasteiger partial charge is 0.396 e. The summed E-state index contributed by atoms with van der Waals surface area (Å²) < 4.78 is 6.15. The average Bonchev–Trinajstić information content (AvgIpc) is 2.34. The van der Waals surface area contributed by atoms with E-state index in [9.17, 15) is 5.11 Å². The van der Waals surface area contributed by atoms with Crippen LogP contribution in [0.1, 0.15) is 47.0 Å². The summed E-state index contributed by atoms with van der Waals surface area (Å²) in [6.45, 7) is 9.98. The van der Waals surface area contributed by atoms with Crippen molar-refractivity contribution in [3.05, 3.63) is 11.6 Å². The third kappa shape index (κ3) is 2.04. The van der Waals surface area contributed by atoms with Crippen LogP contribution in [0.25, 0.3) is 0 Å². The zero-order valence-electron chi connectivity index (χ0n) is 12.3. The highest BCUT2D eigenvalue weighted by Crippen LogP contribution is 2.52. The highest BCUT2D eigenvalue weighted by molar-refractivity contribution is 5.20. The molecule has 18 heavy (non-hydrogen) atoms. The van der Waals surface area contributed by atoms with Gasteiger partial charge in [-0.2, -0.15) is 0 Å². The van der Waals surface area contributed by atoms with Crippen LogP contribution in [-0.2, 0) is 4.74 Å². The van der Waals surface area contributed by atoms with Gasteiger partial charge in [0.15, 0.2) is 0 Å². The Morgan fingerprint density at radius 2 is 2.17 bits per heavy atom. The van der Waals surface area contributed by atoms with Crippen molar-refractivity contribution >= 4 is 0 Å². The fourth-order valence-electron chi connectivity index (χ4n) is 4.08. The first-order valence-corrected chi connectivity index (χ1v) is 7.47. The predicted molar refractivity (Wildman–Crippen MR) is 74.4 cm³/mol.